The molecule has 3 aliphatic heterocycles. The first kappa shape index (κ1) is 23.9. The molecule has 1 atom stereocenters. The first-order valence-corrected chi connectivity index (χ1v) is 13.3. The molecule has 1 aliphatic carbocycles. The number of hydrogen-bond acceptors (Lipinski definition) is 6. The molecule has 2 N–H and O–H groups in total. The molecule has 1 unspecified atom stereocenters. The summed E-state index contributed by atoms with van der Waals surface area (Å²) in [5.41, 5.74) is 4.09. The molecule has 3 heterocycles. The van der Waals surface area contributed by atoms with Gasteiger partial charge in [0, 0.05) is 38.3 Å². The van der Waals surface area contributed by atoms with E-state index < -0.39 is 23.8 Å². The van der Waals surface area contributed by atoms with Gasteiger partial charge in [0.15, 0.2) is 0 Å². The quantitative estimate of drug-likeness (QED) is 0.590. The largest absolute Gasteiger partial charge is 0.380 e. The highest BCUT2D eigenvalue weighted by molar-refractivity contribution is 6.25. The number of fused-ring (bicyclic) bond motifs is 1. The van der Waals surface area contributed by atoms with Gasteiger partial charge in [0.25, 0.3) is 11.8 Å². The van der Waals surface area contributed by atoms with Crippen LogP contribution in [0.1, 0.15) is 76.8 Å². The Bertz CT molecular complexity index is 1260. The SMILES string of the molecule is O=C1CCC(N2C(=O)c3cccc(NCc4ccc(CN5CC6(CCCCC6)C5)cc4)c3C2=O)C(=O)N1. The van der Waals surface area contributed by atoms with Crippen LogP contribution in [0.25, 0.3) is 0 Å². The van der Waals surface area contributed by atoms with E-state index in [1.165, 1.54) is 50.8 Å². The third kappa shape index (κ3) is 4.44. The van der Waals surface area contributed by atoms with E-state index in [-0.39, 0.29) is 29.9 Å². The summed E-state index contributed by atoms with van der Waals surface area (Å²) in [7, 11) is 0. The van der Waals surface area contributed by atoms with Crippen LogP contribution < -0.4 is 10.6 Å². The molecule has 4 aliphatic rings. The van der Waals surface area contributed by atoms with Crippen molar-refractivity contribution < 1.29 is 19.2 Å². The molecular weight excluding hydrogens is 468 g/mol. The van der Waals surface area contributed by atoms with Crippen molar-refractivity contribution in [1.82, 2.24) is 15.1 Å². The van der Waals surface area contributed by atoms with Crippen LogP contribution in [0.5, 0.6) is 0 Å². The summed E-state index contributed by atoms with van der Waals surface area (Å²) >= 11 is 0. The Morgan fingerprint density at radius 3 is 2.35 bits per heavy atom. The number of nitrogens with one attached hydrogen (secondary N) is 2. The van der Waals surface area contributed by atoms with Crippen LogP contribution in [-0.2, 0) is 22.7 Å². The molecule has 8 heteroatoms. The van der Waals surface area contributed by atoms with Crippen molar-refractivity contribution in [3.05, 3.63) is 64.7 Å². The maximum atomic E-state index is 13.3. The maximum absolute atomic E-state index is 13.3. The van der Waals surface area contributed by atoms with Crippen molar-refractivity contribution >= 4 is 29.3 Å². The van der Waals surface area contributed by atoms with Crippen molar-refractivity contribution in [2.24, 2.45) is 5.41 Å². The van der Waals surface area contributed by atoms with E-state index in [1.54, 1.807) is 18.2 Å². The van der Waals surface area contributed by atoms with Crippen LogP contribution in [-0.4, -0.2) is 52.6 Å². The normalized spacial score (nSPS) is 23.1. The summed E-state index contributed by atoms with van der Waals surface area (Å²) in [6.07, 6.45) is 7.18. The number of piperidine rings is 1. The minimum absolute atomic E-state index is 0.101. The zero-order chi connectivity index (χ0) is 25.6. The Balaban J connectivity index is 1.09. The molecular formula is C29H32N4O4. The van der Waals surface area contributed by atoms with Crippen LogP contribution in [0.15, 0.2) is 42.5 Å². The highest BCUT2D eigenvalue weighted by Crippen LogP contribution is 2.44. The molecule has 1 spiro atoms. The summed E-state index contributed by atoms with van der Waals surface area (Å²) in [6, 6.07) is 12.7. The molecule has 1 saturated carbocycles. The summed E-state index contributed by atoms with van der Waals surface area (Å²) in [5.74, 6) is -1.99. The summed E-state index contributed by atoms with van der Waals surface area (Å²) in [5, 5.41) is 5.54. The fourth-order valence-electron chi connectivity index (χ4n) is 6.51. The van der Waals surface area contributed by atoms with Gasteiger partial charge in [-0.1, -0.05) is 49.6 Å². The second-order valence-electron chi connectivity index (χ2n) is 11.1. The topological polar surface area (TPSA) is 98.8 Å². The predicted molar refractivity (Wildman–Crippen MR) is 138 cm³/mol. The smallest absolute Gasteiger partial charge is 0.264 e. The number of likely N-dealkylation sites (tertiary alicyclic amines) is 1. The Labute approximate surface area is 216 Å². The number of amides is 4. The molecule has 0 radical (unpaired) electrons. The van der Waals surface area contributed by atoms with E-state index in [2.05, 4.69) is 39.8 Å². The molecule has 192 valence electrons. The Morgan fingerprint density at radius 1 is 0.892 bits per heavy atom. The second-order valence-corrected chi connectivity index (χ2v) is 11.1. The van der Waals surface area contributed by atoms with Crippen LogP contribution in [0.3, 0.4) is 0 Å². The van der Waals surface area contributed by atoms with Gasteiger partial charge < -0.3 is 5.32 Å². The second kappa shape index (κ2) is 9.41. The van der Waals surface area contributed by atoms with Gasteiger partial charge in [-0.05, 0) is 47.9 Å². The lowest BCUT2D eigenvalue weighted by Crippen LogP contribution is -2.56. The monoisotopic (exact) mass is 500 g/mol. The number of carbonyl (C=O) groups excluding carboxylic acids is 4. The molecule has 6 rings (SSSR count). The molecule has 2 aromatic rings. The Morgan fingerprint density at radius 2 is 1.62 bits per heavy atom. The minimum Gasteiger partial charge on any atom is -0.380 e. The van der Waals surface area contributed by atoms with Crippen molar-refractivity contribution in [1.29, 1.82) is 0 Å². The zero-order valence-corrected chi connectivity index (χ0v) is 20.9. The lowest BCUT2D eigenvalue weighted by molar-refractivity contribution is -0.136. The molecule has 0 bridgehead atoms. The van der Waals surface area contributed by atoms with Gasteiger partial charge in [0.1, 0.15) is 6.04 Å². The molecule has 3 fully saturated rings. The van der Waals surface area contributed by atoms with E-state index >= 15 is 0 Å². The lowest BCUT2D eigenvalue weighted by Gasteiger charge is -2.52. The van der Waals surface area contributed by atoms with E-state index in [1.807, 2.05) is 0 Å². The van der Waals surface area contributed by atoms with Crippen LogP contribution in [0, 0.1) is 5.41 Å². The first-order valence-electron chi connectivity index (χ1n) is 13.3. The summed E-state index contributed by atoms with van der Waals surface area (Å²) < 4.78 is 0. The Kier molecular flexibility index (Phi) is 6.07. The van der Waals surface area contributed by atoms with Gasteiger partial charge in [0.2, 0.25) is 11.8 Å². The first-order chi connectivity index (χ1) is 17.9. The van der Waals surface area contributed by atoms with E-state index in [0.29, 0.717) is 17.6 Å². The zero-order valence-electron chi connectivity index (χ0n) is 20.9. The highest BCUT2D eigenvalue weighted by Gasteiger charge is 2.46. The van der Waals surface area contributed by atoms with Gasteiger partial charge in [-0.2, -0.15) is 0 Å². The molecule has 4 amide bonds. The van der Waals surface area contributed by atoms with Gasteiger partial charge in [-0.3, -0.25) is 34.3 Å². The number of hydrogen-bond donors (Lipinski definition) is 2. The van der Waals surface area contributed by atoms with Crippen LogP contribution in [0.2, 0.25) is 0 Å². The van der Waals surface area contributed by atoms with Crippen molar-refractivity contribution in [2.45, 2.75) is 64.1 Å². The Hall–Kier alpha value is -3.52. The maximum Gasteiger partial charge on any atom is 0.264 e. The van der Waals surface area contributed by atoms with Gasteiger partial charge in [-0.15, -0.1) is 0 Å². The predicted octanol–water partition coefficient (Wildman–Crippen LogP) is 3.47. The van der Waals surface area contributed by atoms with Crippen molar-refractivity contribution in [3.8, 4) is 0 Å². The third-order valence-electron chi connectivity index (χ3n) is 8.41. The fourth-order valence-corrected chi connectivity index (χ4v) is 6.51. The molecule has 37 heavy (non-hydrogen) atoms. The average molecular weight is 501 g/mol. The van der Waals surface area contributed by atoms with E-state index in [0.717, 1.165) is 17.0 Å². The fraction of sp³-hybridized carbons (Fsp3) is 0.448. The number of anilines is 1. The lowest BCUT2D eigenvalue weighted by atomic mass is 9.68. The molecule has 2 aromatic carbocycles. The number of carbonyl (C=O) groups is 4. The van der Waals surface area contributed by atoms with E-state index in [9.17, 15) is 19.2 Å². The van der Waals surface area contributed by atoms with Gasteiger partial charge >= 0.3 is 0 Å². The third-order valence-corrected chi connectivity index (χ3v) is 8.41. The number of rotatable bonds is 6. The van der Waals surface area contributed by atoms with Gasteiger partial charge in [0.05, 0.1) is 11.1 Å². The number of nitrogens with zero attached hydrogens (tertiary/aromatic N) is 2. The highest BCUT2D eigenvalue weighted by atomic mass is 16.2. The van der Waals surface area contributed by atoms with Crippen molar-refractivity contribution in [3.63, 3.8) is 0 Å². The van der Waals surface area contributed by atoms with Gasteiger partial charge in [-0.25, -0.2) is 0 Å². The van der Waals surface area contributed by atoms with Crippen molar-refractivity contribution in [2.75, 3.05) is 18.4 Å². The van der Waals surface area contributed by atoms with Crippen LogP contribution >= 0.6 is 0 Å². The average Bonchev–Trinajstić information content (AvgIpc) is 3.14. The minimum atomic E-state index is -0.968. The molecule has 0 aromatic heterocycles. The molecule has 8 nitrogen and oxygen atoms in total. The number of benzene rings is 2. The summed E-state index contributed by atoms with van der Waals surface area (Å²) in [4.78, 5) is 53.7. The number of imide groups is 2. The van der Waals surface area contributed by atoms with Crippen LogP contribution in [0.4, 0.5) is 5.69 Å². The summed E-state index contributed by atoms with van der Waals surface area (Å²) in [6.45, 7) is 3.92. The standard InChI is InChI=1S/C29H32N4O4/c34-24-12-11-23(26(35)31-24)33-27(36)21-5-4-6-22(25(21)28(33)37)30-15-19-7-9-20(10-8-19)16-32-17-29(18-32)13-2-1-3-14-29/h4-10,23,30H,1-3,11-18H2,(H,31,34,35). The van der Waals surface area contributed by atoms with E-state index in [4.69, 9.17) is 0 Å². The molecule has 2 saturated heterocycles.